The molecule has 0 spiro atoms. The second-order valence-electron chi connectivity index (χ2n) is 9.27. The third-order valence-electron chi connectivity index (χ3n) is 5.95. The molecule has 0 radical (unpaired) electrons. The Morgan fingerprint density at radius 1 is 0.474 bits per heavy atom. The Bertz CT molecular complexity index is 988. The van der Waals surface area contributed by atoms with Crippen LogP contribution >= 0.6 is 0 Å². The standard InChI is InChI=1S/C30H34O8/c1-2-24(14-32-22-34-16-26-7-11-28(12-8-26)36-18-30-20-38-30)4-3-23(1)13-31-21-33-15-25-5-9-27(10-6-25)35-17-29-19-37-29/h1-12,29-30H,13-22H2. The first kappa shape index (κ1) is 26.6. The molecule has 8 heteroatoms. The lowest BCUT2D eigenvalue weighted by Gasteiger charge is -2.09. The lowest BCUT2D eigenvalue weighted by atomic mass is 10.1. The Balaban J connectivity index is 0.886. The Kier molecular flexibility index (Phi) is 9.98. The molecule has 0 N–H and O–H groups in total. The van der Waals surface area contributed by atoms with Gasteiger partial charge < -0.3 is 37.9 Å². The summed E-state index contributed by atoms with van der Waals surface area (Å²) >= 11 is 0. The monoisotopic (exact) mass is 522 g/mol. The molecule has 2 unspecified atom stereocenters. The quantitative estimate of drug-likeness (QED) is 0.136. The van der Waals surface area contributed by atoms with Crippen molar-refractivity contribution in [3.8, 4) is 11.5 Å². The van der Waals surface area contributed by atoms with Gasteiger partial charge in [0.25, 0.3) is 0 Å². The fraction of sp³-hybridized carbons (Fsp3) is 0.400. The van der Waals surface area contributed by atoms with Crippen molar-refractivity contribution in [2.24, 2.45) is 0 Å². The summed E-state index contributed by atoms with van der Waals surface area (Å²) in [5.41, 5.74) is 4.29. The van der Waals surface area contributed by atoms with Crippen LogP contribution in [0, 0.1) is 0 Å². The molecule has 3 aromatic rings. The van der Waals surface area contributed by atoms with Crippen LogP contribution in [0.2, 0.25) is 0 Å². The highest BCUT2D eigenvalue weighted by molar-refractivity contribution is 5.28. The van der Waals surface area contributed by atoms with Crippen LogP contribution in [0.25, 0.3) is 0 Å². The molecular formula is C30H34O8. The zero-order valence-corrected chi connectivity index (χ0v) is 21.4. The molecule has 2 heterocycles. The summed E-state index contributed by atoms with van der Waals surface area (Å²) in [6, 6.07) is 23.9. The summed E-state index contributed by atoms with van der Waals surface area (Å²) in [6.45, 7) is 5.20. The van der Waals surface area contributed by atoms with Crippen LogP contribution in [-0.2, 0) is 54.8 Å². The zero-order chi connectivity index (χ0) is 25.8. The van der Waals surface area contributed by atoms with Gasteiger partial charge in [0, 0.05) is 0 Å². The highest BCUT2D eigenvalue weighted by atomic mass is 16.7. The maximum atomic E-state index is 5.64. The number of benzene rings is 3. The second kappa shape index (κ2) is 14.2. The summed E-state index contributed by atoms with van der Waals surface area (Å²) in [5.74, 6) is 1.68. The number of hydrogen-bond donors (Lipinski definition) is 0. The summed E-state index contributed by atoms with van der Waals surface area (Å²) in [7, 11) is 0. The minimum absolute atomic E-state index is 0.227. The van der Waals surface area contributed by atoms with E-state index in [0.29, 0.717) is 39.6 Å². The van der Waals surface area contributed by atoms with E-state index in [9.17, 15) is 0 Å². The number of epoxide rings is 2. The molecule has 3 aromatic carbocycles. The molecule has 38 heavy (non-hydrogen) atoms. The highest BCUT2D eigenvalue weighted by Crippen LogP contribution is 2.17. The lowest BCUT2D eigenvalue weighted by molar-refractivity contribution is -0.0697. The summed E-state index contributed by atoms with van der Waals surface area (Å²) in [4.78, 5) is 0. The van der Waals surface area contributed by atoms with E-state index in [1.165, 1.54) is 0 Å². The lowest BCUT2D eigenvalue weighted by Crippen LogP contribution is -2.04. The molecule has 2 aliphatic heterocycles. The first-order chi connectivity index (χ1) is 18.8. The van der Waals surface area contributed by atoms with Crippen molar-refractivity contribution in [3.63, 3.8) is 0 Å². The molecule has 0 saturated carbocycles. The van der Waals surface area contributed by atoms with E-state index in [4.69, 9.17) is 37.9 Å². The molecule has 5 rings (SSSR count). The van der Waals surface area contributed by atoms with E-state index in [1.807, 2.05) is 72.8 Å². The maximum Gasteiger partial charge on any atom is 0.147 e. The predicted octanol–water partition coefficient (Wildman–Crippen LogP) is 4.62. The van der Waals surface area contributed by atoms with Gasteiger partial charge in [0.05, 0.1) is 39.6 Å². The van der Waals surface area contributed by atoms with Crippen molar-refractivity contribution in [1.29, 1.82) is 0 Å². The van der Waals surface area contributed by atoms with Gasteiger partial charge in [-0.05, 0) is 46.5 Å². The van der Waals surface area contributed by atoms with E-state index in [-0.39, 0.29) is 25.8 Å². The second-order valence-corrected chi connectivity index (χ2v) is 9.27. The van der Waals surface area contributed by atoms with Gasteiger partial charge in [-0.3, -0.25) is 0 Å². The van der Waals surface area contributed by atoms with E-state index in [0.717, 1.165) is 47.0 Å². The minimum Gasteiger partial charge on any atom is -0.491 e. The molecule has 202 valence electrons. The minimum atomic E-state index is 0.227. The number of rotatable bonds is 18. The third kappa shape index (κ3) is 9.72. The van der Waals surface area contributed by atoms with Crippen LogP contribution in [-0.4, -0.2) is 52.2 Å². The van der Waals surface area contributed by atoms with Gasteiger partial charge in [0.2, 0.25) is 0 Å². The van der Waals surface area contributed by atoms with Gasteiger partial charge in [-0.15, -0.1) is 0 Å². The maximum absolute atomic E-state index is 5.64. The van der Waals surface area contributed by atoms with Crippen LogP contribution in [0.3, 0.4) is 0 Å². The fourth-order valence-electron chi connectivity index (χ4n) is 3.56. The van der Waals surface area contributed by atoms with Gasteiger partial charge >= 0.3 is 0 Å². The van der Waals surface area contributed by atoms with Crippen molar-refractivity contribution >= 4 is 0 Å². The van der Waals surface area contributed by atoms with Crippen molar-refractivity contribution in [3.05, 3.63) is 95.1 Å². The molecule has 8 nitrogen and oxygen atoms in total. The predicted molar refractivity (Wildman–Crippen MR) is 139 cm³/mol. The fourth-order valence-corrected chi connectivity index (χ4v) is 3.56. The summed E-state index contributed by atoms with van der Waals surface area (Å²) in [6.07, 6.45) is 0.515. The van der Waals surface area contributed by atoms with E-state index >= 15 is 0 Å². The van der Waals surface area contributed by atoms with Crippen molar-refractivity contribution in [2.45, 2.75) is 38.6 Å². The van der Waals surface area contributed by atoms with Gasteiger partial charge in [0.1, 0.15) is 50.5 Å². The van der Waals surface area contributed by atoms with Crippen LogP contribution in [0.4, 0.5) is 0 Å². The summed E-state index contributed by atoms with van der Waals surface area (Å²) in [5, 5.41) is 0. The van der Waals surface area contributed by atoms with E-state index < -0.39 is 0 Å². The number of hydrogen-bond acceptors (Lipinski definition) is 8. The van der Waals surface area contributed by atoms with Gasteiger partial charge in [0.15, 0.2) is 0 Å². The summed E-state index contributed by atoms with van der Waals surface area (Å²) < 4.78 is 44.1. The Morgan fingerprint density at radius 2 is 0.763 bits per heavy atom. The SMILES string of the molecule is c1cc(COCOCc2ccc(OCC3CO3)cc2)ccc1COCOCc1ccc(OCC2CO2)cc1. The first-order valence-corrected chi connectivity index (χ1v) is 12.9. The molecule has 0 amide bonds. The smallest absolute Gasteiger partial charge is 0.147 e. The molecule has 0 bridgehead atoms. The first-order valence-electron chi connectivity index (χ1n) is 12.9. The topological polar surface area (TPSA) is 80.4 Å². The molecule has 2 saturated heterocycles. The van der Waals surface area contributed by atoms with Gasteiger partial charge in [-0.1, -0.05) is 48.5 Å². The third-order valence-corrected chi connectivity index (χ3v) is 5.95. The zero-order valence-electron chi connectivity index (χ0n) is 21.4. The Morgan fingerprint density at radius 3 is 1.05 bits per heavy atom. The van der Waals surface area contributed by atoms with Crippen molar-refractivity contribution in [1.82, 2.24) is 0 Å². The Hall–Kier alpha value is -2.98. The highest BCUT2D eigenvalue weighted by Gasteiger charge is 2.23. The molecule has 0 aliphatic carbocycles. The van der Waals surface area contributed by atoms with Crippen LogP contribution < -0.4 is 9.47 Å². The molecule has 2 fully saturated rings. The number of ether oxygens (including phenoxy) is 8. The van der Waals surface area contributed by atoms with Crippen molar-refractivity contribution in [2.75, 3.05) is 40.0 Å². The molecular weight excluding hydrogens is 488 g/mol. The molecule has 2 atom stereocenters. The average Bonchev–Trinajstić information content (AvgIpc) is 3.88. The van der Waals surface area contributed by atoms with Crippen molar-refractivity contribution < 1.29 is 37.9 Å². The van der Waals surface area contributed by atoms with Crippen LogP contribution in [0.1, 0.15) is 22.3 Å². The average molecular weight is 523 g/mol. The van der Waals surface area contributed by atoms with Crippen LogP contribution in [0.5, 0.6) is 11.5 Å². The van der Waals surface area contributed by atoms with Gasteiger partial charge in [-0.25, -0.2) is 0 Å². The normalized spacial score (nSPS) is 17.8. The molecule has 0 aromatic heterocycles. The largest absolute Gasteiger partial charge is 0.491 e. The molecule has 2 aliphatic rings. The van der Waals surface area contributed by atoms with E-state index in [2.05, 4.69) is 0 Å². The Labute approximate surface area is 223 Å². The van der Waals surface area contributed by atoms with Crippen LogP contribution in [0.15, 0.2) is 72.8 Å². The van der Waals surface area contributed by atoms with Gasteiger partial charge in [-0.2, -0.15) is 0 Å². The van der Waals surface area contributed by atoms with E-state index in [1.54, 1.807) is 0 Å².